The van der Waals surface area contributed by atoms with Crippen molar-refractivity contribution >= 4 is 0 Å². The van der Waals surface area contributed by atoms with Crippen LogP contribution >= 0.6 is 0 Å². The summed E-state index contributed by atoms with van der Waals surface area (Å²) in [6.07, 6.45) is 7.01. The third kappa shape index (κ3) is 9.35. The summed E-state index contributed by atoms with van der Waals surface area (Å²) in [4.78, 5) is 0. The van der Waals surface area contributed by atoms with Crippen molar-refractivity contribution in [2.75, 3.05) is 0 Å². The van der Waals surface area contributed by atoms with Crippen LogP contribution < -0.4 is 6.15 Å². The third-order valence-corrected chi connectivity index (χ3v) is 1.21. The van der Waals surface area contributed by atoms with Crippen molar-refractivity contribution in [3.8, 4) is 0 Å². The van der Waals surface area contributed by atoms with Gasteiger partial charge in [0.1, 0.15) is 0 Å². The average Bonchev–Trinajstić information content (AvgIpc) is 1.69. The van der Waals surface area contributed by atoms with Gasteiger partial charge in [0.15, 0.2) is 0 Å². The summed E-state index contributed by atoms with van der Waals surface area (Å²) in [6.45, 7) is 4.49. The number of rotatable bonds is 4. The highest BCUT2D eigenvalue weighted by Gasteiger charge is 1.80. The van der Waals surface area contributed by atoms with Crippen molar-refractivity contribution in [1.82, 2.24) is 6.15 Å². The van der Waals surface area contributed by atoms with E-state index in [2.05, 4.69) is 13.8 Å². The fraction of sp³-hybridized carbons (Fsp3) is 1.00. The Bertz CT molecular complexity index is 28.1. The topological polar surface area (TPSA) is 35.0 Å². The minimum Gasteiger partial charge on any atom is -0.344 e. The highest BCUT2D eigenvalue weighted by molar-refractivity contribution is 4.35. The van der Waals surface area contributed by atoms with Gasteiger partial charge < -0.3 is 6.15 Å². The monoisotopic (exact) mass is 119 g/mol. The lowest BCUT2D eigenvalue weighted by molar-refractivity contribution is 0.656. The molecule has 0 aromatic heterocycles. The number of hydrogen-bond donors (Lipinski definition) is 1. The molecule has 3 N–H and O–H groups in total. The van der Waals surface area contributed by atoms with E-state index >= 15 is 0 Å². The molecule has 0 unspecified atom stereocenters. The van der Waals surface area contributed by atoms with Crippen molar-refractivity contribution in [1.29, 1.82) is 0 Å². The van der Waals surface area contributed by atoms with E-state index in [0.29, 0.717) is 0 Å². The second kappa shape index (κ2) is 10.0. The maximum Gasteiger partial charge on any atom is 0 e. The molecule has 0 aliphatic rings. The standard InChI is InChI=1S/C7H16.H3N.H2/c1-3-5-7-6-4-2;;/h3-7H2,1-2H3;1H3;1H. The molecule has 54 valence electrons. The van der Waals surface area contributed by atoms with Crippen LogP contribution in [0.4, 0.5) is 0 Å². The van der Waals surface area contributed by atoms with E-state index in [4.69, 9.17) is 0 Å². The van der Waals surface area contributed by atoms with E-state index in [1.54, 1.807) is 0 Å². The van der Waals surface area contributed by atoms with Crippen molar-refractivity contribution in [2.45, 2.75) is 46.0 Å². The second-order valence-electron chi connectivity index (χ2n) is 2.06. The van der Waals surface area contributed by atoms with E-state index in [-0.39, 0.29) is 7.58 Å². The number of unbranched alkanes of at least 4 members (excludes halogenated alkanes) is 4. The molecule has 0 fully saturated rings. The summed E-state index contributed by atoms with van der Waals surface area (Å²) < 4.78 is 0. The van der Waals surface area contributed by atoms with Gasteiger partial charge in [0, 0.05) is 1.43 Å². The van der Waals surface area contributed by atoms with Crippen molar-refractivity contribution in [3.63, 3.8) is 0 Å². The molecule has 0 heterocycles. The minimum absolute atomic E-state index is 0. The van der Waals surface area contributed by atoms with Crippen LogP contribution in [-0.2, 0) is 0 Å². The second-order valence-corrected chi connectivity index (χ2v) is 2.06. The van der Waals surface area contributed by atoms with Gasteiger partial charge in [-0.25, -0.2) is 0 Å². The summed E-state index contributed by atoms with van der Waals surface area (Å²) in [7, 11) is 0. The molecule has 0 aromatic carbocycles. The average molecular weight is 119 g/mol. The molecule has 8 heavy (non-hydrogen) atoms. The van der Waals surface area contributed by atoms with Gasteiger partial charge in [-0.3, -0.25) is 0 Å². The molecule has 0 aromatic rings. The van der Waals surface area contributed by atoms with Crippen LogP contribution in [0.5, 0.6) is 0 Å². The Morgan fingerprint density at radius 1 is 0.875 bits per heavy atom. The smallest absolute Gasteiger partial charge is 0 e. The lowest BCUT2D eigenvalue weighted by Gasteiger charge is -1.90. The zero-order valence-electron chi connectivity index (χ0n) is 6.24. The largest absolute Gasteiger partial charge is 0.344 e. The predicted molar refractivity (Wildman–Crippen MR) is 41.6 cm³/mol. The third-order valence-electron chi connectivity index (χ3n) is 1.21. The molecule has 0 saturated carbocycles. The Kier molecular flexibility index (Phi) is 13.6. The van der Waals surface area contributed by atoms with E-state index in [1.807, 2.05) is 0 Å². The molecule has 1 heteroatoms. The molecular weight excluding hydrogens is 98.1 g/mol. The lowest BCUT2D eigenvalue weighted by Crippen LogP contribution is -1.70. The maximum atomic E-state index is 2.25. The van der Waals surface area contributed by atoms with Crippen molar-refractivity contribution < 1.29 is 1.43 Å². The zero-order valence-corrected chi connectivity index (χ0v) is 6.24. The van der Waals surface area contributed by atoms with Crippen LogP contribution in [0.1, 0.15) is 47.4 Å². The van der Waals surface area contributed by atoms with Gasteiger partial charge in [0.05, 0.1) is 0 Å². The van der Waals surface area contributed by atoms with E-state index in [1.165, 1.54) is 32.1 Å². The van der Waals surface area contributed by atoms with E-state index in [9.17, 15) is 0 Å². The van der Waals surface area contributed by atoms with Crippen molar-refractivity contribution in [2.24, 2.45) is 0 Å². The Morgan fingerprint density at radius 3 is 1.50 bits per heavy atom. The molecule has 0 aliphatic heterocycles. The van der Waals surface area contributed by atoms with Crippen LogP contribution in [0.3, 0.4) is 0 Å². The molecule has 1 nitrogen and oxygen atoms in total. The van der Waals surface area contributed by atoms with Crippen LogP contribution in [0.2, 0.25) is 0 Å². The quantitative estimate of drug-likeness (QED) is 0.566. The van der Waals surface area contributed by atoms with Gasteiger partial charge in [0.25, 0.3) is 0 Å². The molecule has 0 atom stereocenters. The lowest BCUT2D eigenvalue weighted by atomic mass is 10.2. The van der Waals surface area contributed by atoms with Gasteiger partial charge in [0.2, 0.25) is 0 Å². The van der Waals surface area contributed by atoms with Crippen LogP contribution in [-0.4, -0.2) is 0 Å². The molecule has 0 rings (SSSR count). The summed E-state index contributed by atoms with van der Waals surface area (Å²) >= 11 is 0. The number of hydrogen-bond acceptors (Lipinski definition) is 1. The van der Waals surface area contributed by atoms with Gasteiger partial charge >= 0.3 is 0 Å². The van der Waals surface area contributed by atoms with Crippen molar-refractivity contribution in [3.05, 3.63) is 0 Å². The summed E-state index contributed by atoms with van der Waals surface area (Å²) in [5.41, 5.74) is 0. The first-order valence-corrected chi connectivity index (χ1v) is 3.41. The summed E-state index contributed by atoms with van der Waals surface area (Å²) in [5, 5.41) is 0. The highest BCUT2D eigenvalue weighted by Crippen LogP contribution is 2.00. The van der Waals surface area contributed by atoms with Gasteiger partial charge in [-0.15, -0.1) is 0 Å². The van der Waals surface area contributed by atoms with Gasteiger partial charge in [-0.2, -0.15) is 0 Å². The molecule has 0 amide bonds. The molecule has 0 radical (unpaired) electrons. The Labute approximate surface area is 54.5 Å². The summed E-state index contributed by atoms with van der Waals surface area (Å²) in [6, 6.07) is 0. The molecule has 0 saturated heterocycles. The van der Waals surface area contributed by atoms with E-state index in [0.717, 1.165) is 0 Å². The first kappa shape index (κ1) is 10.9. The molecule has 0 bridgehead atoms. The van der Waals surface area contributed by atoms with Crippen LogP contribution in [0.25, 0.3) is 0 Å². The Morgan fingerprint density at radius 2 is 1.25 bits per heavy atom. The highest BCUT2D eigenvalue weighted by atomic mass is 14.0. The van der Waals surface area contributed by atoms with Crippen LogP contribution in [0.15, 0.2) is 0 Å². The predicted octanol–water partition coefficient (Wildman–Crippen LogP) is 3.38. The maximum absolute atomic E-state index is 2.25. The molecule has 0 aliphatic carbocycles. The first-order valence-electron chi connectivity index (χ1n) is 3.41. The Hall–Kier alpha value is -0.0400. The SMILES string of the molecule is CCCCCCC.N.[HH]. The first-order chi connectivity index (χ1) is 3.41. The molecular formula is C7H21N. The van der Waals surface area contributed by atoms with Crippen LogP contribution in [0, 0.1) is 0 Å². The fourth-order valence-electron chi connectivity index (χ4n) is 0.677. The Balaban J connectivity index is -0.000000180. The van der Waals surface area contributed by atoms with Gasteiger partial charge in [-0.1, -0.05) is 46.0 Å². The normalized spacial score (nSPS) is 8.25. The fourth-order valence-corrected chi connectivity index (χ4v) is 0.677. The zero-order chi connectivity index (χ0) is 5.54. The summed E-state index contributed by atoms with van der Waals surface area (Å²) in [5.74, 6) is 0. The molecule has 0 spiro atoms. The van der Waals surface area contributed by atoms with E-state index < -0.39 is 0 Å². The van der Waals surface area contributed by atoms with Gasteiger partial charge in [-0.05, 0) is 0 Å². The minimum atomic E-state index is 0.